The van der Waals surface area contributed by atoms with Crippen LogP contribution >= 0.6 is 0 Å². The second kappa shape index (κ2) is 15.3. The minimum absolute atomic E-state index is 0.103. The van der Waals surface area contributed by atoms with Gasteiger partial charge in [0.15, 0.2) is 0 Å². The first-order chi connectivity index (χ1) is 16.9. The van der Waals surface area contributed by atoms with E-state index in [1.807, 2.05) is 55.4 Å². The Morgan fingerprint density at radius 3 is 1.00 bits per heavy atom. The van der Waals surface area contributed by atoms with Crippen LogP contribution in [-0.2, 0) is 42.9 Å². The standard InChI is InChI=1S/C28H50O9/c1-25(2,21(29)33-9)13-11-15-27(5,6)23(31)36-19-17-35-18-20-37-24(32)28(7,8)16-12-14-26(3,4)22(30)34-10/h11-20H2,1-10H3. The van der Waals surface area contributed by atoms with Crippen LogP contribution in [0.4, 0.5) is 0 Å². The van der Waals surface area contributed by atoms with Crippen molar-refractivity contribution >= 4 is 23.9 Å². The van der Waals surface area contributed by atoms with Crippen molar-refractivity contribution in [2.45, 2.75) is 93.9 Å². The minimum atomic E-state index is -0.681. The Hall–Kier alpha value is -2.16. The SMILES string of the molecule is COC(=O)C(C)(C)CCCC(C)(C)C(=O)OCCOCCOC(=O)C(C)(C)CCCC(C)(C)C(=O)OC. The van der Waals surface area contributed by atoms with Gasteiger partial charge in [-0.1, -0.05) is 12.8 Å². The Morgan fingerprint density at radius 2 is 0.730 bits per heavy atom. The number of hydrogen-bond acceptors (Lipinski definition) is 9. The second-order valence-electron chi connectivity index (χ2n) is 12.1. The molecular formula is C28H50O9. The van der Waals surface area contributed by atoms with Gasteiger partial charge in [0.2, 0.25) is 0 Å². The number of carbonyl (C=O) groups excluding carboxylic acids is 4. The predicted octanol–water partition coefficient (Wildman–Crippen LogP) is 4.88. The molecule has 0 saturated heterocycles. The first kappa shape index (κ1) is 34.8. The average molecular weight is 531 g/mol. The van der Waals surface area contributed by atoms with Gasteiger partial charge in [-0.05, 0) is 81.1 Å². The zero-order valence-corrected chi connectivity index (χ0v) is 24.7. The van der Waals surface area contributed by atoms with E-state index in [9.17, 15) is 19.2 Å². The lowest BCUT2D eigenvalue weighted by Gasteiger charge is -2.26. The maximum absolute atomic E-state index is 12.4. The highest BCUT2D eigenvalue weighted by Gasteiger charge is 2.34. The number of ether oxygens (including phenoxy) is 5. The van der Waals surface area contributed by atoms with E-state index in [0.717, 1.165) is 0 Å². The van der Waals surface area contributed by atoms with Crippen LogP contribution < -0.4 is 0 Å². The Kier molecular flexibility index (Phi) is 14.4. The summed E-state index contributed by atoms with van der Waals surface area (Å²) in [6.07, 6.45) is 3.76. The molecule has 0 radical (unpaired) electrons. The van der Waals surface area contributed by atoms with Crippen LogP contribution in [0.15, 0.2) is 0 Å². The largest absolute Gasteiger partial charge is 0.469 e. The Morgan fingerprint density at radius 1 is 0.459 bits per heavy atom. The van der Waals surface area contributed by atoms with Gasteiger partial charge in [0, 0.05) is 0 Å². The third-order valence-corrected chi connectivity index (χ3v) is 6.71. The summed E-state index contributed by atoms with van der Waals surface area (Å²) in [4.78, 5) is 48.5. The molecule has 9 nitrogen and oxygen atoms in total. The fourth-order valence-corrected chi connectivity index (χ4v) is 3.78. The molecule has 0 aromatic heterocycles. The van der Waals surface area contributed by atoms with E-state index >= 15 is 0 Å². The molecule has 0 aliphatic carbocycles. The Bertz CT molecular complexity index is 689. The highest BCUT2D eigenvalue weighted by Crippen LogP contribution is 2.32. The van der Waals surface area contributed by atoms with E-state index in [0.29, 0.717) is 38.5 Å². The van der Waals surface area contributed by atoms with Gasteiger partial charge in [0.25, 0.3) is 0 Å². The van der Waals surface area contributed by atoms with Crippen molar-refractivity contribution in [3.63, 3.8) is 0 Å². The highest BCUT2D eigenvalue weighted by atomic mass is 16.6. The molecular weight excluding hydrogens is 480 g/mol. The van der Waals surface area contributed by atoms with Crippen LogP contribution in [0.1, 0.15) is 93.9 Å². The lowest BCUT2D eigenvalue weighted by molar-refractivity contribution is -0.157. The molecule has 0 fully saturated rings. The maximum Gasteiger partial charge on any atom is 0.311 e. The molecule has 0 bridgehead atoms. The summed E-state index contributed by atoms with van der Waals surface area (Å²) in [5.41, 5.74) is -2.55. The predicted molar refractivity (Wildman–Crippen MR) is 140 cm³/mol. The van der Waals surface area contributed by atoms with Gasteiger partial charge >= 0.3 is 23.9 Å². The van der Waals surface area contributed by atoms with Crippen LogP contribution in [0.3, 0.4) is 0 Å². The summed E-state index contributed by atoms with van der Waals surface area (Å²) in [6.45, 7) is 15.2. The van der Waals surface area contributed by atoms with Crippen molar-refractivity contribution in [3.05, 3.63) is 0 Å². The number of hydrogen-bond donors (Lipinski definition) is 0. The van der Waals surface area contributed by atoms with Gasteiger partial charge in [-0.2, -0.15) is 0 Å². The van der Waals surface area contributed by atoms with Gasteiger partial charge < -0.3 is 23.7 Å². The average Bonchev–Trinajstić information content (AvgIpc) is 2.81. The van der Waals surface area contributed by atoms with E-state index in [1.54, 1.807) is 0 Å². The van der Waals surface area contributed by atoms with Gasteiger partial charge in [0.05, 0.1) is 49.1 Å². The molecule has 0 amide bonds. The quantitative estimate of drug-likeness (QED) is 0.139. The molecule has 0 spiro atoms. The molecule has 0 atom stereocenters. The number of methoxy groups -OCH3 is 2. The van der Waals surface area contributed by atoms with Crippen LogP contribution in [-0.4, -0.2) is 64.5 Å². The monoisotopic (exact) mass is 530 g/mol. The van der Waals surface area contributed by atoms with Gasteiger partial charge in [-0.15, -0.1) is 0 Å². The normalized spacial score (nSPS) is 12.6. The fourth-order valence-electron chi connectivity index (χ4n) is 3.78. The summed E-state index contributed by atoms with van der Waals surface area (Å²) >= 11 is 0. The van der Waals surface area contributed by atoms with E-state index in [2.05, 4.69) is 0 Å². The van der Waals surface area contributed by atoms with E-state index in [-0.39, 0.29) is 50.3 Å². The topological polar surface area (TPSA) is 114 Å². The molecule has 9 heteroatoms. The molecule has 0 unspecified atom stereocenters. The van der Waals surface area contributed by atoms with Crippen molar-refractivity contribution < 1.29 is 42.9 Å². The van der Waals surface area contributed by atoms with Crippen molar-refractivity contribution in [1.29, 1.82) is 0 Å². The molecule has 0 aliphatic rings. The lowest BCUT2D eigenvalue weighted by atomic mass is 9.81. The smallest absolute Gasteiger partial charge is 0.311 e. The van der Waals surface area contributed by atoms with Crippen LogP contribution in [0, 0.1) is 21.7 Å². The minimum Gasteiger partial charge on any atom is -0.469 e. The molecule has 0 rings (SSSR count). The highest BCUT2D eigenvalue weighted by molar-refractivity contribution is 5.77. The van der Waals surface area contributed by atoms with Crippen molar-refractivity contribution in [1.82, 2.24) is 0 Å². The fraction of sp³-hybridized carbons (Fsp3) is 0.857. The van der Waals surface area contributed by atoms with Crippen molar-refractivity contribution in [2.24, 2.45) is 21.7 Å². The van der Waals surface area contributed by atoms with Crippen LogP contribution in [0.25, 0.3) is 0 Å². The third kappa shape index (κ3) is 12.8. The summed E-state index contributed by atoms with van der Waals surface area (Å²) < 4.78 is 25.8. The van der Waals surface area contributed by atoms with Crippen molar-refractivity contribution in [3.8, 4) is 0 Å². The van der Waals surface area contributed by atoms with E-state index in [4.69, 9.17) is 23.7 Å². The van der Waals surface area contributed by atoms with Gasteiger partial charge in [-0.3, -0.25) is 19.2 Å². The van der Waals surface area contributed by atoms with Crippen molar-refractivity contribution in [2.75, 3.05) is 40.6 Å². The second-order valence-corrected chi connectivity index (χ2v) is 12.1. The number of rotatable bonds is 18. The number of esters is 4. The summed E-state index contributed by atoms with van der Waals surface area (Å²) in [6, 6.07) is 0. The molecule has 37 heavy (non-hydrogen) atoms. The first-order valence-electron chi connectivity index (χ1n) is 13.0. The molecule has 0 saturated carbocycles. The van der Waals surface area contributed by atoms with Crippen LogP contribution in [0.5, 0.6) is 0 Å². The molecule has 0 aromatic carbocycles. The van der Waals surface area contributed by atoms with Crippen LogP contribution in [0.2, 0.25) is 0 Å². The maximum atomic E-state index is 12.4. The molecule has 0 heterocycles. The third-order valence-electron chi connectivity index (χ3n) is 6.71. The van der Waals surface area contributed by atoms with E-state index < -0.39 is 21.7 Å². The van der Waals surface area contributed by atoms with Gasteiger partial charge in [0.1, 0.15) is 13.2 Å². The zero-order valence-electron chi connectivity index (χ0n) is 24.7. The lowest BCUT2D eigenvalue weighted by Crippen LogP contribution is -2.30. The Labute approximate surface area is 223 Å². The molecule has 216 valence electrons. The molecule has 0 aliphatic heterocycles. The molecule has 0 aromatic rings. The van der Waals surface area contributed by atoms with E-state index in [1.165, 1.54) is 14.2 Å². The summed E-state index contributed by atoms with van der Waals surface area (Å²) in [5, 5.41) is 0. The zero-order chi connectivity index (χ0) is 28.9. The molecule has 0 N–H and O–H groups in total. The van der Waals surface area contributed by atoms with Gasteiger partial charge in [-0.25, -0.2) is 0 Å². The first-order valence-corrected chi connectivity index (χ1v) is 13.0. The summed E-state index contributed by atoms with van der Waals surface area (Å²) in [7, 11) is 2.74. The Balaban J connectivity index is 4.17. The number of carbonyl (C=O) groups is 4. The summed E-state index contributed by atoms with van der Waals surface area (Å²) in [5.74, 6) is -1.18.